The van der Waals surface area contributed by atoms with E-state index in [2.05, 4.69) is 20.4 Å². The Balaban J connectivity index is 0.00000256. The molecule has 168 valence electrons. The number of nitrogens with zero attached hydrogens (tertiary/aromatic N) is 6. The third-order valence-electron chi connectivity index (χ3n) is 6.34. The highest BCUT2D eigenvalue weighted by Crippen LogP contribution is 2.19. The first-order chi connectivity index (χ1) is 14.1. The van der Waals surface area contributed by atoms with Crippen molar-refractivity contribution in [1.82, 2.24) is 29.9 Å². The second-order valence-electron chi connectivity index (χ2n) is 8.30. The van der Waals surface area contributed by atoms with Gasteiger partial charge >= 0.3 is 0 Å². The Labute approximate surface area is 195 Å². The lowest BCUT2D eigenvalue weighted by Crippen LogP contribution is -2.56. The predicted octanol–water partition coefficient (Wildman–Crippen LogP) is 1.45. The molecule has 0 aromatic carbocycles. The van der Waals surface area contributed by atoms with E-state index in [1.54, 1.807) is 0 Å². The minimum atomic E-state index is -0.231. The van der Waals surface area contributed by atoms with E-state index in [9.17, 15) is 4.79 Å². The molecule has 4 rings (SSSR count). The second kappa shape index (κ2) is 10.7. The molecule has 1 amide bonds. The van der Waals surface area contributed by atoms with Crippen LogP contribution in [0.2, 0.25) is 0 Å². The van der Waals surface area contributed by atoms with Gasteiger partial charge in [0.05, 0.1) is 0 Å². The summed E-state index contributed by atoms with van der Waals surface area (Å²) in [5.74, 6) is 2.84. The van der Waals surface area contributed by atoms with Gasteiger partial charge in [-0.2, -0.15) is 0 Å². The van der Waals surface area contributed by atoms with Crippen LogP contribution < -0.4 is 5.32 Å². The topological polar surface area (TPSA) is 87.9 Å². The zero-order valence-electron chi connectivity index (χ0n) is 18.0. The number of guanidine groups is 1. The van der Waals surface area contributed by atoms with E-state index in [1.165, 1.54) is 25.7 Å². The maximum Gasteiger partial charge on any atom is 0.251 e. The van der Waals surface area contributed by atoms with Crippen molar-refractivity contribution < 1.29 is 9.53 Å². The number of hydrogen-bond acceptors (Lipinski definition) is 5. The van der Waals surface area contributed by atoms with E-state index in [-0.39, 0.29) is 36.0 Å². The molecule has 1 saturated carbocycles. The van der Waals surface area contributed by atoms with Crippen LogP contribution in [0.3, 0.4) is 0 Å². The van der Waals surface area contributed by atoms with Crippen molar-refractivity contribution >= 4 is 35.8 Å². The van der Waals surface area contributed by atoms with Gasteiger partial charge in [-0.15, -0.1) is 34.2 Å². The van der Waals surface area contributed by atoms with Crippen molar-refractivity contribution in [3.8, 4) is 0 Å². The lowest BCUT2D eigenvalue weighted by atomic mass is 10.2. The highest BCUT2D eigenvalue weighted by atomic mass is 127. The SMILES string of the molecule is Cc1nnc(CN=C(NC2CCCC2)N2CCN(C(=O)C3CCCO3)CC2)n1C.I. The van der Waals surface area contributed by atoms with E-state index in [0.29, 0.717) is 32.3 Å². The van der Waals surface area contributed by atoms with Crippen LogP contribution in [0.1, 0.15) is 50.2 Å². The first-order valence-electron chi connectivity index (χ1n) is 10.9. The molecular weight excluding hydrogens is 497 g/mol. The molecule has 1 aromatic rings. The molecule has 2 saturated heterocycles. The smallest absolute Gasteiger partial charge is 0.251 e. The monoisotopic (exact) mass is 531 g/mol. The average molecular weight is 531 g/mol. The van der Waals surface area contributed by atoms with E-state index in [0.717, 1.165) is 43.5 Å². The van der Waals surface area contributed by atoms with E-state index in [4.69, 9.17) is 9.73 Å². The number of carbonyl (C=O) groups is 1. The second-order valence-corrected chi connectivity index (χ2v) is 8.30. The molecule has 3 heterocycles. The number of amides is 1. The summed E-state index contributed by atoms with van der Waals surface area (Å²) in [5, 5.41) is 12.0. The minimum Gasteiger partial charge on any atom is -0.368 e. The van der Waals surface area contributed by atoms with Gasteiger partial charge in [-0.1, -0.05) is 12.8 Å². The number of hydrogen-bond donors (Lipinski definition) is 1. The van der Waals surface area contributed by atoms with Crippen LogP contribution in [0.25, 0.3) is 0 Å². The van der Waals surface area contributed by atoms with Crippen LogP contribution in [-0.2, 0) is 23.1 Å². The Hall–Kier alpha value is -1.43. The number of aromatic nitrogens is 3. The average Bonchev–Trinajstić information content (AvgIpc) is 3.50. The van der Waals surface area contributed by atoms with Crippen LogP contribution in [0.5, 0.6) is 0 Å². The predicted molar refractivity (Wildman–Crippen MR) is 125 cm³/mol. The number of ether oxygens (including phenoxy) is 1. The van der Waals surface area contributed by atoms with Gasteiger partial charge in [0, 0.05) is 45.9 Å². The Morgan fingerprint density at radius 2 is 1.80 bits per heavy atom. The van der Waals surface area contributed by atoms with Gasteiger partial charge in [0.1, 0.15) is 18.5 Å². The van der Waals surface area contributed by atoms with Gasteiger partial charge in [-0.25, -0.2) is 4.99 Å². The molecule has 1 unspecified atom stereocenters. The molecule has 1 aliphatic carbocycles. The Kier molecular flexibility index (Phi) is 8.32. The van der Waals surface area contributed by atoms with Crippen LogP contribution >= 0.6 is 24.0 Å². The van der Waals surface area contributed by atoms with E-state index >= 15 is 0 Å². The minimum absolute atomic E-state index is 0. The fourth-order valence-electron chi connectivity index (χ4n) is 4.34. The summed E-state index contributed by atoms with van der Waals surface area (Å²) in [7, 11) is 1.97. The number of aliphatic imine (C=N–C) groups is 1. The van der Waals surface area contributed by atoms with Crippen molar-refractivity contribution in [2.45, 2.75) is 64.1 Å². The number of nitrogens with one attached hydrogen (secondary N) is 1. The van der Waals surface area contributed by atoms with Crippen molar-refractivity contribution in [1.29, 1.82) is 0 Å². The Morgan fingerprint density at radius 3 is 2.40 bits per heavy atom. The van der Waals surface area contributed by atoms with Crippen molar-refractivity contribution in [3.05, 3.63) is 11.6 Å². The number of aryl methyl sites for hydroxylation is 1. The van der Waals surface area contributed by atoms with E-state index in [1.807, 2.05) is 23.4 Å². The maximum atomic E-state index is 12.6. The number of carbonyl (C=O) groups excluding carboxylic acids is 1. The summed E-state index contributed by atoms with van der Waals surface area (Å²) in [6.45, 7) is 6.16. The maximum absolute atomic E-state index is 12.6. The van der Waals surface area contributed by atoms with Crippen LogP contribution in [0.15, 0.2) is 4.99 Å². The zero-order chi connectivity index (χ0) is 20.2. The molecule has 3 fully saturated rings. The molecule has 1 N–H and O–H groups in total. The van der Waals surface area contributed by atoms with Crippen molar-refractivity contribution in [2.24, 2.45) is 12.0 Å². The van der Waals surface area contributed by atoms with Gasteiger partial charge in [-0.3, -0.25) is 4.79 Å². The standard InChI is InChI=1S/C20H33N7O2.HI/c1-15-23-24-18(25(15)2)14-21-20(22-16-6-3-4-7-16)27-11-9-26(10-12-27)19(28)17-8-5-13-29-17;/h16-17H,3-14H2,1-2H3,(H,21,22);1H. The molecule has 1 atom stereocenters. The van der Waals surface area contributed by atoms with Gasteiger partial charge in [0.15, 0.2) is 11.8 Å². The molecular formula is C20H34IN7O2. The van der Waals surface area contributed by atoms with Gasteiger partial charge in [0.25, 0.3) is 5.91 Å². The summed E-state index contributed by atoms with van der Waals surface area (Å²) < 4.78 is 7.56. The molecule has 2 aliphatic heterocycles. The summed E-state index contributed by atoms with van der Waals surface area (Å²) in [6, 6.07) is 0.488. The summed E-state index contributed by atoms with van der Waals surface area (Å²) >= 11 is 0. The zero-order valence-corrected chi connectivity index (χ0v) is 20.4. The number of piperazine rings is 1. The number of halogens is 1. The Bertz CT molecular complexity index is 734. The third kappa shape index (κ3) is 5.43. The van der Waals surface area contributed by atoms with Crippen molar-refractivity contribution in [2.75, 3.05) is 32.8 Å². The molecule has 0 spiro atoms. The molecule has 9 nitrogen and oxygen atoms in total. The number of rotatable bonds is 4. The fraction of sp³-hybridized carbons (Fsp3) is 0.800. The van der Waals surface area contributed by atoms with Gasteiger partial charge in [-0.05, 0) is 32.6 Å². The van der Waals surface area contributed by atoms with Crippen molar-refractivity contribution in [3.63, 3.8) is 0 Å². The highest BCUT2D eigenvalue weighted by Gasteiger charge is 2.31. The normalized spacial score (nSPS) is 23.0. The molecule has 0 radical (unpaired) electrons. The molecule has 1 aromatic heterocycles. The molecule has 30 heavy (non-hydrogen) atoms. The molecule has 0 bridgehead atoms. The summed E-state index contributed by atoms with van der Waals surface area (Å²) in [4.78, 5) is 21.7. The Morgan fingerprint density at radius 1 is 1.10 bits per heavy atom. The van der Waals surface area contributed by atoms with Crippen LogP contribution in [0, 0.1) is 6.92 Å². The third-order valence-corrected chi connectivity index (χ3v) is 6.34. The fourth-order valence-corrected chi connectivity index (χ4v) is 4.34. The van der Waals surface area contributed by atoms with Gasteiger partial charge < -0.3 is 24.4 Å². The van der Waals surface area contributed by atoms with Crippen LogP contribution in [0.4, 0.5) is 0 Å². The largest absolute Gasteiger partial charge is 0.368 e. The highest BCUT2D eigenvalue weighted by molar-refractivity contribution is 14.0. The van der Waals surface area contributed by atoms with E-state index < -0.39 is 0 Å². The van der Waals surface area contributed by atoms with Crippen LogP contribution in [-0.4, -0.2) is 81.4 Å². The summed E-state index contributed by atoms with van der Waals surface area (Å²) in [5.41, 5.74) is 0. The lowest BCUT2D eigenvalue weighted by molar-refractivity contribution is -0.142. The molecule has 3 aliphatic rings. The van der Waals surface area contributed by atoms with Gasteiger partial charge in [0.2, 0.25) is 0 Å². The quantitative estimate of drug-likeness (QED) is 0.360. The first kappa shape index (κ1) is 23.2. The first-order valence-corrected chi connectivity index (χ1v) is 10.9. The lowest BCUT2D eigenvalue weighted by Gasteiger charge is -2.38. The summed E-state index contributed by atoms with van der Waals surface area (Å²) in [6.07, 6.45) is 6.55. The molecule has 10 heteroatoms.